The highest BCUT2D eigenvalue weighted by Gasteiger charge is 2.65. The average molecular weight is 473 g/mol. The molecule has 0 radical (unpaired) electrons. The summed E-state index contributed by atoms with van der Waals surface area (Å²) in [7, 11) is 0. The van der Waals surface area contributed by atoms with Crippen LogP contribution in [0.3, 0.4) is 0 Å². The topological polar surface area (TPSA) is 97.2 Å². The number of aliphatic hydroxyl groups excluding tert-OH is 1. The van der Waals surface area contributed by atoms with Crippen LogP contribution in [0.2, 0.25) is 0 Å². The summed E-state index contributed by atoms with van der Waals surface area (Å²) in [5.74, 6) is -0.274. The first-order chi connectivity index (χ1) is 16.3. The molecular formula is C27H40N2O5. The van der Waals surface area contributed by atoms with E-state index >= 15 is 0 Å². The summed E-state index contributed by atoms with van der Waals surface area (Å²) in [6, 6.07) is 0. The molecule has 7 nitrogen and oxygen atoms in total. The minimum absolute atomic E-state index is 0.00324. The predicted molar refractivity (Wildman–Crippen MR) is 128 cm³/mol. The molecule has 34 heavy (non-hydrogen) atoms. The van der Waals surface area contributed by atoms with Crippen LogP contribution in [-0.2, 0) is 19.2 Å². The van der Waals surface area contributed by atoms with Gasteiger partial charge in [0, 0.05) is 37.1 Å². The summed E-state index contributed by atoms with van der Waals surface area (Å²) in [6.45, 7) is 10.0. The van der Waals surface area contributed by atoms with Gasteiger partial charge in [-0.25, -0.2) is 0 Å². The fourth-order valence-electron chi connectivity index (χ4n) is 8.35. The molecule has 0 bridgehead atoms. The smallest absolute Gasteiger partial charge is 0.302 e. The molecule has 5 rings (SSSR count). The summed E-state index contributed by atoms with van der Waals surface area (Å²) in [4.78, 5) is 31.8. The quantitative estimate of drug-likeness (QED) is 0.362. The van der Waals surface area contributed by atoms with Gasteiger partial charge >= 0.3 is 5.97 Å². The van der Waals surface area contributed by atoms with Crippen molar-refractivity contribution in [2.45, 2.75) is 71.3 Å². The zero-order chi connectivity index (χ0) is 24.1. The normalized spacial score (nSPS) is 45.0. The molecule has 1 heterocycles. The van der Waals surface area contributed by atoms with Crippen molar-refractivity contribution >= 4 is 17.5 Å². The van der Waals surface area contributed by atoms with Crippen molar-refractivity contribution in [1.29, 1.82) is 0 Å². The Bertz CT molecular complexity index is 880. The number of carbonyl (C=O) groups excluding carboxylic acids is 2. The number of esters is 1. The van der Waals surface area contributed by atoms with E-state index in [-0.39, 0.29) is 59.0 Å². The van der Waals surface area contributed by atoms with Gasteiger partial charge in [-0.3, -0.25) is 9.59 Å². The number of allylic oxidation sites excluding steroid dienone is 1. The Kier molecular flexibility index (Phi) is 6.38. The highest BCUT2D eigenvalue weighted by Crippen LogP contribution is 2.67. The summed E-state index contributed by atoms with van der Waals surface area (Å²) in [5, 5.41) is 18.3. The third kappa shape index (κ3) is 3.74. The highest BCUT2D eigenvalue weighted by atomic mass is 16.6. The molecule has 5 unspecified atom stereocenters. The fraction of sp³-hybridized carbons (Fsp3) is 0.815. The van der Waals surface area contributed by atoms with Crippen LogP contribution in [-0.4, -0.2) is 55.0 Å². The monoisotopic (exact) mass is 472 g/mol. The second-order valence-corrected chi connectivity index (χ2v) is 11.7. The van der Waals surface area contributed by atoms with Gasteiger partial charge in [0.05, 0.1) is 18.9 Å². The van der Waals surface area contributed by atoms with E-state index in [4.69, 9.17) is 9.57 Å². The number of rotatable bonds is 5. The van der Waals surface area contributed by atoms with Gasteiger partial charge in [-0.2, -0.15) is 0 Å². The van der Waals surface area contributed by atoms with Gasteiger partial charge < -0.3 is 20.0 Å². The van der Waals surface area contributed by atoms with Crippen molar-refractivity contribution in [2.75, 3.05) is 26.3 Å². The molecule has 0 spiro atoms. The zero-order valence-corrected chi connectivity index (χ0v) is 20.7. The number of fused-ring (bicyclic) bond motifs is 5. The van der Waals surface area contributed by atoms with E-state index in [1.54, 1.807) is 0 Å². The van der Waals surface area contributed by atoms with Crippen LogP contribution >= 0.6 is 0 Å². The van der Waals surface area contributed by atoms with Gasteiger partial charge in [0.2, 0.25) is 0 Å². The van der Waals surface area contributed by atoms with E-state index in [0.717, 1.165) is 63.7 Å². The van der Waals surface area contributed by atoms with Crippen LogP contribution in [0.5, 0.6) is 0 Å². The molecule has 2 N–H and O–H groups in total. The predicted octanol–water partition coefficient (Wildman–Crippen LogP) is 3.26. The number of aliphatic hydroxyl groups is 1. The average Bonchev–Trinajstić information content (AvgIpc) is 3.44. The van der Waals surface area contributed by atoms with E-state index < -0.39 is 5.92 Å². The van der Waals surface area contributed by atoms with Crippen LogP contribution in [0.25, 0.3) is 0 Å². The third-order valence-corrected chi connectivity index (χ3v) is 10.3. The summed E-state index contributed by atoms with van der Waals surface area (Å²) in [5.41, 5.74) is 1.93. The number of carbonyl (C=O) groups is 2. The first-order valence-electron chi connectivity index (χ1n) is 13.2. The molecular weight excluding hydrogens is 432 g/mol. The van der Waals surface area contributed by atoms with Crippen molar-refractivity contribution in [3.63, 3.8) is 0 Å². The molecule has 4 aliphatic carbocycles. The number of ether oxygens (including phenoxy) is 1. The lowest BCUT2D eigenvalue weighted by molar-refractivity contribution is -0.179. The maximum atomic E-state index is 14.0. The molecule has 1 aliphatic heterocycles. The maximum Gasteiger partial charge on any atom is 0.302 e. The zero-order valence-electron chi connectivity index (χ0n) is 20.7. The standard InChI is InChI=1S/C27H40N2O5/c1-16-4-5-21-24-22(7-9-26(16,21)3)27(15-33-17(2)31)10-6-18(29-34-19-8-11-28-13-19)12-23(27)20(14-30)25(24)32/h19-24,28,30H,1,4-15H2,2-3H3/t19?,20-,21?,22?,23?,24?,26-,27+/m1/s1. The van der Waals surface area contributed by atoms with Gasteiger partial charge in [-0.05, 0) is 74.7 Å². The van der Waals surface area contributed by atoms with Crippen molar-refractivity contribution in [3.8, 4) is 0 Å². The molecule has 0 aromatic rings. The highest BCUT2D eigenvalue weighted by molar-refractivity contribution is 5.90. The molecule has 0 aromatic heterocycles. The molecule has 188 valence electrons. The Balaban J connectivity index is 1.48. The SMILES string of the molecule is C=C1CCC2C3C(=O)[C@H](CO)C4CC(=NOC5CCNC5)CC[C@]4(COC(C)=O)C3CC[C@]12C. The molecule has 0 amide bonds. The van der Waals surface area contributed by atoms with Crippen molar-refractivity contribution in [3.05, 3.63) is 12.2 Å². The minimum atomic E-state index is -0.452. The molecule has 0 aromatic carbocycles. The number of hydrogen-bond acceptors (Lipinski definition) is 7. The van der Waals surface area contributed by atoms with Gasteiger partial charge in [-0.1, -0.05) is 24.2 Å². The number of oxime groups is 1. The molecule has 7 heteroatoms. The van der Waals surface area contributed by atoms with E-state index in [1.165, 1.54) is 12.5 Å². The minimum Gasteiger partial charge on any atom is -0.465 e. The van der Waals surface area contributed by atoms with Gasteiger partial charge in [0.1, 0.15) is 11.9 Å². The number of hydrogen-bond donors (Lipinski definition) is 2. The molecule has 5 fully saturated rings. The largest absolute Gasteiger partial charge is 0.465 e. The first-order valence-corrected chi connectivity index (χ1v) is 13.2. The van der Waals surface area contributed by atoms with Crippen LogP contribution in [0.4, 0.5) is 0 Å². The lowest BCUT2D eigenvalue weighted by Gasteiger charge is -2.61. The fourth-order valence-corrected chi connectivity index (χ4v) is 8.35. The Hall–Kier alpha value is -1.73. The Labute approximate surface area is 202 Å². The summed E-state index contributed by atoms with van der Waals surface area (Å²) in [6.07, 6.45) is 7.19. The first kappa shape index (κ1) is 24.0. The van der Waals surface area contributed by atoms with Gasteiger partial charge in [0.15, 0.2) is 0 Å². The Morgan fingerprint density at radius 3 is 2.74 bits per heavy atom. The van der Waals surface area contributed by atoms with Crippen LogP contribution in [0.15, 0.2) is 17.3 Å². The number of ketones is 1. The molecule has 4 saturated carbocycles. The second-order valence-electron chi connectivity index (χ2n) is 11.7. The second kappa shape index (κ2) is 9.05. The lowest BCUT2D eigenvalue weighted by atomic mass is 9.42. The molecule has 8 atom stereocenters. The Morgan fingerprint density at radius 2 is 2.03 bits per heavy atom. The number of nitrogens with zero attached hydrogens (tertiary/aromatic N) is 1. The number of nitrogens with one attached hydrogen (secondary N) is 1. The van der Waals surface area contributed by atoms with Crippen LogP contribution in [0, 0.1) is 40.4 Å². The van der Waals surface area contributed by atoms with Crippen molar-refractivity contribution in [1.82, 2.24) is 5.32 Å². The summed E-state index contributed by atoms with van der Waals surface area (Å²) < 4.78 is 5.72. The van der Waals surface area contributed by atoms with Gasteiger partial charge in [0.25, 0.3) is 0 Å². The molecule has 1 saturated heterocycles. The number of Topliss-reactive ketones (excluding diaryl/α,β-unsaturated/α-hetero) is 1. The third-order valence-electron chi connectivity index (χ3n) is 10.3. The maximum absolute atomic E-state index is 14.0. The van der Waals surface area contributed by atoms with Crippen molar-refractivity contribution < 1.29 is 24.3 Å². The Morgan fingerprint density at radius 1 is 1.21 bits per heavy atom. The van der Waals surface area contributed by atoms with Crippen molar-refractivity contribution in [2.24, 2.45) is 45.6 Å². The van der Waals surface area contributed by atoms with E-state index in [9.17, 15) is 14.7 Å². The van der Waals surface area contributed by atoms with Gasteiger partial charge in [-0.15, -0.1) is 0 Å². The van der Waals surface area contributed by atoms with E-state index in [0.29, 0.717) is 13.0 Å². The van der Waals surface area contributed by atoms with Crippen LogP contribution in [0.1, 0.15) is 65.2 Å². The molecule has 5 aliphatic rings. The van der Waals surface area contributed by atoms with E-state index in [1.807, 2.05) is 0 Å². The lowest BCUT2D eigenvalue weighted by Crippen LogP contribution is -2.63. The summed E-state index contributed by atoms with van der Waals surface area (Å²) >= 11 is 0. The van der Waals surface area contributed by atoms with Crippen LogP contribution < -0.4 is 5.32 Å². The van der Waals surface area contributed by atoms with E-state index in [2.05, 4.69) is 24.0 Å².